The third-order valence-electron chi connectivity index (χ3n) is 4.18. The SMILES string of the molecule is O=S(=O)(Nc1nc(-c2ccccc2)cs1)c1ccc2c(c1)CCC2. The van der Waals surface area contributed by atoms with Gasteiger partial charge in [-0.2, -0.15) is 0 Å². The number of thiazole rings is 1. The van der Waals surface area contributed by atoms with Crippen LogP contribution in [0.4, 0.5) is 5.13 Å². The lowest BCUT2D eigenvalue weighted by Gasteiger charge is -2.07. The summed E-state index contributed by atoms with van der Waals surface area (Å²) in [6, 6.07) is 15.1. The minimum absolute atomic E-state index is 0.305. The van der Waals surface area contributed by atoms with Crippen molar-refractivity contribution in [2.24, 2.45) is 0 Å². The van der Waals surface area contributed by atoms with Crippen molar-refractivity contribution >= 4 is 26.5 Å². The lowest BCUT2D eigenvalue weighted by atomic mass is 10.1. The molecule has 1 aliphatic carbocycles. The highest BCUT2D eigenvalue weighted by Gasteiger charge is 2.19. The largest absolute Gasteiger partial charge is 0.263 e. The number of hydrogen-bond donors (Lipinski definition) is 1. The summed E-state index contributed by atoms with van der Waals surface area (Å²) in [6.07, 6.45) is 3.09. The minimum Gasteiger partial charge on any atom is -0.255 e. The molecule has 24 heavy (non-hydrogen) atoms. The maximum Gasteiger partial charge on any atom is 0.263 e. The predicted molar refractivity (Wildman–Crippen MR) is 96.8 cm³/mol. The molecule has 1 heterocycles. The van der Waals surface area contributed by atoms with Gasteiger partial charge in [0.1, 0.15) is 0 Å². The minimum atomic E-state index is -3.61. The average Bonchev–Trinajstić information content (AvgIpc) is 3.23. The van der Waals surface area contributed by atoms with Crippen molar-refractivity contribution in [3.05, 3.63) is 65.0 Å². The van der Waals surface area contributed by atoms with Crippen LogP contribution in [0.1, 0.15) is 17.5 Å². The van der Waals surface area contributed by atoms with Gasteiger partial charge >= 0.3 is 0 Å². The van der Waals surface area contributed by atoms with E-state index in [0.717, 1.165) is 36.1 Å². The van der Waals surface area contributed by atoms with Crippen LogP contribution in [0, 0.1) is 0 Å². The smallest absolute Gasteiger partial charge is 0.255 e. The molecule has 0 amide bonds. The van der Waals surface area contributed by atoms with Gasteiger partial charge in [-0.3, -0.25) is 4.72 Å². The van der Waals surface area contributed by atoms with Gasteiger partial charge in [0.05, 0.1) is 10.6 Å². The Hall–Kier alpha value is -2.18. The molecular formula is C18H16N2O2S2. The second kappa shape index (κ2) is 6.03. The molecule has 4 rings (SSSR count). The summed E-state index contributed by atoms with van der Waals surface area (Å²) in [4.78, 5) is 4.70. The first-order chi connectivity index (χ1) is 11.6. The molecule has 0 fully saturated rings. The van der Waals surface area contributed by atoms with Crippen molar-refractivity contribution in [3.63, 3.8) is 0 Å². The van der Waals surface area contributed by atoms with E-state index < -0.39 is 10.0 Å². The van der Waals surface area contributed by atoms with Crippen LogP contribution < -0.4 is 4.72 Å². The Morgan fingerprint density at radius 3 is 2.62 bits per heavy atom. The third-order valence-corrected chi connectivity index (χ3v) is 6.40. The molecule has 6 heteroatoms. The summed E-state index contributed by atoms with van der Waals surface area (Å²) < 4.78 is 27.8. The number of nitrogens with one attached hydrogen (secondary N) is 1. The fourth-order valence-corrected chi connectivity index (χ4v) is 4.97. The maximum absolute atomic E-state index is 12.6. The number of anilines is 1. The van der Waals surface area contributed by atoms with Crippen LogP contribution in [0.25, 0.3) is 11.3 Å². The topological polar surface area (TPSA) is 59.1 Å². The zero-order valence-electron chi connectivity index (χ0n) is 12.9. The van der Waals surface area contributed by atoms with E-state index in [9.17, 15) is 8.42 Å². The number of sulfonamides is 1. The molecule has 1 aromatic heterocycles. The number of benzene rings is 2. The van der Waals surface area contributed by atoms with Crippen molar-refractivity contribution in [3.8, 4) is 11.3 Å². The molecule has 0 spiro atoms. The summed E-state index contributed by atoms with van der Waals surface area (Å²) in [5.41, 5.74) is 4.14. The van der Waals surface area contributed by atoms with E-state index in [0.29, 0.717) is 10.0 Å². The molecule has 0 saturated heterocycles. The molecule has 0 saturated carbocycles. The van der Waals surface area contributed by atoms with Gasteiger partial charge in [0.2, 0.25) is 0 Å². The molecule has 0 radical (unpaired) electrons. The Morgan fingerprint density at radius 1 is 1.00 bits per heavy atom. The average molecular weight is 356 g/mol. The molecule has 0 atom stereocenters. The second-order valence-electron chi connectivity index (χ2n) is 5.79. The van der Waals surface area contributed by atoms with Crippen molar-refractivity contribution in [1.29, 1.82) is 0 Å². The normalized spacial score (nSPS) is 13.7. The lowest BCUT2D eigenvalue weighted by Crippen LogP contribution is -2.13. The highest BCUT2D eigenvalue weighted by atomic mass is 32.2. The Labute approximate surface area is 145 Å². The molecule has 4 nitrogen and oxygen atoms in total. The summed E-state index contributed by atoms with van der Waals surface area (Å²) in [5.74, 6) is 0. The van der Waals surface area contributed by atoms with E-state index in [1.807, 2.05) is 41.8 Å². The Kier molecular flexibility index (Phi) is 3.86. The van der Waals surface area contributed by atoms with Crippen LogP contribution in [-0.2, 0) is 22.9 Å². The van der Waals surface area contributed by atoms with E-state index in [2.05, 4.69) is 9.71 Å². The van der Waals surface area contributed by atoms with Crippen LogP contribution in [-0.4, -0.2) is 13.4 Å². The van der Waals surface area contributed by atoms with Crippen LogP contribution in [0.3, 0.4) is 0 Å². The number of rotatable bonds is 4. The fraction of sp³-hybridized carbons (Fsp3) is 0.167. The van der Waals surface area contributed by atoms with Crippen LogP contribution in [0.15, 0.2) is 58.8 Å². The monoisotopic (exact) mass is 356 g/mol. The molecular weight excluding hydrogens is 340 g/mol. The van der Waals surface area contributed by atoms with E-state index in [1.54, 1.807) is 12.1 Å². The molecule has 0 bridgehead atoms. The fourth-order valence-electron chi connectivity index (χ4n) is 2.95. The second-order valence-corrected chi connectivity index (χ2v) is 8.33. The molecule has 0 aliphatic heterocycles. The first-order valence-electron chi connectivity index (χ1n) is 7.77. The van der Waals surface area contributed by atoms with Gasteiger partial charge in [-0.15, -0.1) is 11.3 Å². The van der Waals surface area contributed by atoms with Crippen LogP contribution >= 0.6 is 11.3 Å². The first-order valence-corrected chi connectivity index (χ1v) is 10.1. The number of fused-ring (bicyclic) bond motifs is 1. The predicted octanol–water partition coefficient (Wildman–Crippen LogP) is 4.10. The number of hydrogen-bond acceptors (Lipinski definition) is 4. The van der Waals surface area contributed by atoms with Gasteiger partial charge in [-0.1, -0.05) is 36.4 Å². The van der Waals surface area contributed by atoms with Crippen molar-refractivity contribution in [1.82, 2.24) is 4.98 Å². The van der Waals surface area contributed by atoms with Crippen LogP contribution in [0.5, 0.6) is 0 Å². The van der Waals surface area contributed by atoms with Gasteiger partial charge in [0, 0.05) is 10.9 Å². The van der Waals surface area contributed by atoms with E-state index in [4.69, 9.17) is 0 Å². The standard InChI is InChI=1S/C18H16N2O2S2/c21-24(22,16-10-9-13-7-4-8-15(13)11-16)20-18-19-17(12-23-18)14-5-2-1-3-6-14/h1-3,5-6,9-12H,4,7-8H2,(H,19,20). The van der Waals surface area contributed by atoms with E-state index in [1.165, 1.54) is 16.9 Å². The van der Waals surface area contributed by atoms with Gasteiger partial charge in [-0.25, -0.2) is 13.4 Å². The molecule has 1 N–H and O–H groups in total. The quantitative estimate of drug-likeness (QED) is 0.766. The van der Waals surface area contributed by atoms with Gasteiger partial charge in [0.25, 0.3) is 10.0 Å². The first kappa shape index (κ1) is 15.4. The number of aryl methyl sites for hydroxylation is 2. The zero-order chi connectivity index (χ0) is 16.6. The number of nitrogens with zero attached hydrogens (tertiary/aromatic N) is 1. The molecule has 0 unspecified atom stereocenters. The highest BCUT2D eigenvalue weighted by molar-refractivity contribution is 7.93. The summed E-state index contributed by atoms with van der Waals surface area (Å²) in [5, 5.41) is 2.24. The Balaban J connectivity index is 1.59. The molecule has 1 aliphatic rings. The van der Waals surface area contributed by atoms with Crippen molar-refractivity contribution < 1.29 is 8.42 Å². The molecule has 2 aromatic carbocycles. The maximum atomic E-state index is 12.6. The Morgan fingerprint density at radius 2 is 1.79 bits per heavy atom. The van der Waals surface area contributed by atoms with Crippen LogP contribution in [0.2, 0.25) is 0 Å². The van der Waals surface area contributed by atoms with E-state index in [-0.39, 0.29) is 0 Å². The van der Waals surface area contributed by atoms with Gasteiger partial charge in [-0.05, 0) is 42.5 Å². The number of aromatic nitrogens is 1. The Bertz CT molecular complexity index is 979. The zero-order valence-corrected chi connectivity index (χ0v) is 14.5. The third kappa shape index (κ3) is 2.95. The summed E-state index contributed by atoms with van der Waals surface area (Å²) in [6.45, 7) is 0. The molecule has 122 valence electrons. The van der Waals surface area contributed by atoms with Gasteiger partial charge in [0.15, 0.2) is 5.13 Å². The van der Waals surface area contributed by atoms with Crippen molar-refractivity contribution in [2.45, 2.75) is 24.2 Å². The van der Waals surface area contributed by atoms with Crippen molar-refractivity contribution in [2.75, 3.05) is 4.72 Å². The summed E-state index contributed by atoms with van der Waals surface area (Å²) in [7, 11) is -3.61. The highest BCUT2D eigenvalue weighted by Crippen LogP contribution is 2.28. The summed E-state index contributed by atoms with van der Waals surface area (Å²) >= 11 is 1.29. The van der Waals surface area contributed by atoms with Gasteiger partial charge < -0.3 is 0 Å². The molecule has 3 aromatic rings. The van der Waals surface area contributed by atoms with E-state index >= 15 is 0 Å². The lowest BCUT2D eigenvalue weighted by molar-refractivity contribution is 0.601.